The van der Waals surface area contributed by atoms with Gasteiger partial charge in [-0.25, -0.2) is 0 Å². The maximum absolute atomic E-state index is 12.5. The van der Waals surface area contributed by atoms with Crippen LogP contribution in [0.4, 0.5) is 0 Å². The number of hydrogen-bond acceptors (Lipinski definition) is 3. The van der Waals surface area contributed by atoms with E-state index >= 15 is 0 Å². The minimum Gasteiger partial charge on any atom is -0.341 e. The van der Waals surface area contributed by atoms with Gasteiger partial charge in [-0.3, -0.25) is 4.79 Å². The molecule has 1 saturated heterocycles. The van der Waals surface area contributed by atoms with Crippen molar-refractivity contribution in [1.29, 1.82) is 0 Å². The highest BCUT2D eigenvalue weighted by Gasteiger charge is 2.46. The standard InChI is InChI=1S/C14H27N3O/c1-4-17-9-7-12(8-10-17)16(3)13(18)14(2,15)11-5-6-11/h11-12H,4-10,15H2,1-3H3. The Balaban J connectivity index is 1.91. The van der Waals surface area contributed by atoms with Crippen molar-refractivity contribution in [2.45, 2.75) is 51.1 Å². The average Bonchev–Trinajstić information content (AvgIpc) is 3.21. The molecule has 0 aromatic carbocycles. The molecular formula is C14H27N3O. The number of likely N-dealkylation sites (tertiary alicyclic amines) is 1. The van der Waals surface area contributed by atoms with Gasteiger partial charge in [0.15, 0.2) is 0 Å². The van der Waals surface area contributed by atoms with Gasteiger partial charge in [-0.05, 0) is 45.1 Å². The van der Waals surface area contributed by atoms with Crippen LogP contribution in [0.25, 0.3) is 0 Å². The molecule has 1 amide bonds. The Morgan fingerprint density at radius 3 is 2.33 bits per heavy atom. The lowest BCUT2D eigenvalue weighted by Gasteiger charge is -2.39. The molecule has 1 aliphatic carbocycles. The number of nitrogens with zero attached hydrogens (tertiary/aromatic N) is 2. The van der Waals surface area contributed by atoms with Crippen LogP contribution in [0.3, 0.4) is 0 Å². The third-order valence-corrected chi connectivity index (χ3v) is 4.76. The predicted molar refractivity (Wildman–Crippen MR) is 73.2 cm³/mol. The van der Waals surface area contributed by atoms with Crippen LogP contribution in [-0.2, 0) is 4.79 Å². The van der Waals surface area contributed by atoms with Crippen molar-refractivity contribution in [2.24, 2.45) is 11.7 Å². The second kappa shape index (κ2) is 5.17. The summed E-state index contributed by atoms with van der Waals surface area (Å²) < 4.78 is 0. The second-order valence-electron chi connectivity index (χ2n) is 6.14. The number of hydrogen-bond donors (Lipinski definition) is 1. The van der Waals surface area contributed by atoms with Crippen LogP contribution in [0.5, 0.6) is 0 Å². The molecule has 2 fully saturated rings. The van der Waals surface area contributed by atoms with E-state index in [0.717, 1.165) is 45.3 Å². The summed E-state index contributed by atoms with van der Waals surface area (Å²) in [5.74, 6) is 0.545. The molecule has 2 N–H and O–H groups in total. The lowest BCUT2D eigenvalue weighted by molar-refractivity contribution is -0.138. The first-order chi connectivity index (χ1) is 8.46. The highest BCUT2D eigenvalue weighted by Crippen LogP contribution is 2.39. The van der Waals surface area contributed by atoms with E-state index in [-0.39, 0.29) is 5.91 Å². The summed E-state index contributed by atoms with van der Waals surface area (Å²) >= 11 is 0. The van der Waals surface area contributed by atoms with E-state index < -0.39 is 5.54 Å². The molecule has 18 heavy (non-hydrogen) atoms. The van der Waals surface area contributed by atoms with E-state index in [0.29, 0.717) is 12.0 Å². The van der Waals surface area contributed by atoms with Crippen molar-refractivity contribution in [3.63, 3.8) is 0 Å². The second-order valence-corrected chi connectivity index (χ2v) is 6.14. The van der Waals surface area contributed by atoms with Gasteiger partial charge in [-0.1, -0.05) is 6.92 Å². The van der Waals surface area contributed by atoms with E-state index in [1.54, 1.807) is 0 Å². The molecule has 1 aliphatic heterocycles. The molecule has 4 nitrogen and oxygen atoms in total. The number of carbonyl (C=O) groups is 1. The minimum atomic E-state index is -0.642. The van der Waals surface area contributed by atoms with Gasteiger partial charge in [-0.15, -0.1) is 0 Å². The normalized spacial score (nSPS) is 25.8. The van der Waals surface area contributed by atoms with Gasteiger partial charge in [0.2, 0.25) is 5.91 Å². The molecule has 104 valence electrons. The first kappa shape index (κ1) is 13.8. The van der Waals surface area contributed by atoms with Crippen LogP contribution in [0.15, 0.2) is 0 Å². The Morgan fingerprint density at radius 1 is 1.33 bits per heavy atom. The number of piperidine rings is 1. The number of nitrogens with two attached hydrogens (primary N) is 1. The van der Waals surface area contributed by atoms with Crippen LogP contribution in [0, 0.1) is 5.92 Å². The Kier molecular flexibility index (Phi) is 3.97. The number of likely N-dealkylation sites (N-methyl/N-ethyl adjacent to an activating group) is 1. The van der Waals surface area contributed by atoms with Crippen molar-refractivity contribution in [2.75, 3.05) is 26.7 Å². The van der Waals surface area contributed by atoms with Crippen molar-refractivity contribution in [1.82, 2.24) is 9.80 Å². The minimum absolute atomic E-state index is 0.139. The third-order valence-electron chi connectivity index (χ3n) is 4.76. The van der Waals surface area contributed by atoms with E-state index in [2.05, 4.69) is 11.8 Å². The van der Waals surface area contributed by atoms with E-state index in [1.165, 1.54) is 0 Å². The maximum Gasteiger partial charge on any atom is 0.242 e. The van der Waals surface area contributed by atoms with E-state index in [9.17, 15) is 4.79 Å². The molecule has 1 heterocycles. The fraction of sp³-hybridized carbons (Fsp3) is 0.929. The lowest BCUT2D eigenvalue weighted by Crippen LogP contribution is -2.57. The van der Waals surface area contributed by atoms with Gasteiger partial charge in [0, 0.05) is 26.2 Å². The van der Waals surface area contributed by atoms with Crippen molar-refractivity contribution in [3.05, 3.63) is 0 Å². The molecule has 0 spiro atoms. The molecule has 2 rings (SSSR count). The Bertz CT molecular complexity index is 304. The summed E-state index contributed by atoms with van der Waals surface area (Å²) in [7, 11) is 1.93. The lowest BCUT2D eigenvalue weighted by atomic mass is 9.93. The summed E-state index contributed by atoms with van der Waals surface area (Å²) in [6.45, 7) is 7.41. The van der Waals surface area contributed by atoms with Crippen molar-refractivity contribution >= 4 is 5.91 Å². The molecule has 0 aromatic rings. The van der Waals surface area contributed by atoms with E-state index in [1.807, 2.05) is 18.9 Å². The average molecular weight is 253 g/mol. The molecule has 4 heteroatoms. The smallest absolute Gasteiger partial charge is 0.242 e. The molecule has 0 aromatic heterocycles. The first-order valence-corrected chi connectivity index (χ1v) is 7.25. The topological polar surface area (TPSA) is 49.6 Å². The quantitative estimate of drug-likeness (QED) is 0.815. The molecule has 0 bridgehead atoms. The van der Waals surface area contributed by atoms with Crippen LogP contribution >= 0.6 is 0 Å². The first-order valence-electron chi connectivity index (χ1n) is 7.25. The molecule has 1 atom stereocenters. The molecule has 1 unspecified atom stereocenters. The molecule has 1 saturated carbocycles. The Morgan fingerprint density at radius 2 is 1.89 bits per heavy atom. The van der Waals surface area contributed by atoms with Crippen LogP contribution < -0.4 is 5.73 Å². The fourth-order valence-electron chi connectivity index (χ4n) is 3.03. The Hall–Kier alpha value is -0.610. The van der Waals surface area contributed by atoms with Gasteiger partial charge in [0.25, 0.3) is 0 Å². The maximum atomic E-state index is 12.5. The third kappa shape index (κ3) is 2.69. The van der Waals surface area contributed by atoms with Crippen molar-refractivity contribution in [3.8, 4) is 0 Å². The highest BCUT2D eigenvalue weighted by molar-refractivity contribution is 5.86. The van der Waals surface area contributed by atoms with Crippen LogP contribution in [0.1, 0.15) is 39.5 Å². The van der Waals surface area contributed by atoms with Gasteiger partial charge in [-0.2, -0.15) is 0 Å². The summed E-state index contributed by atoms with van der Waals surface area (Å²) in [6, 6.07) is 0.377. The zero-order valence-electron chi connectivity index (χ0n) is 12.0. The summed E-state index contributed by atoms with van der Waals surface area (Å²) in [5.41, 5.74) is 5.58. The van der Waals surface area contributed by atoms with E-state index in [4.69, 9.17) is 5.73 Å². The van der Waals surface area contributed by atoms with Gasteiger partial charge in [0.1, 0.15) is 0 Å². The monoisotopic (exact) mass is 253 g/mol. The zero-order valence-corrected chi connectivity index (χ0v) is 12.0. The van der Waals surface area contributed by atoms with Gasteiger partial charge < -0.3 is 15.5 Å². The summed E-state index contributed by atoms with van der Waals surface area (Å²) in [5, 5.41) is 0. The van der Waals surface area contributed by atoms with Crippen molar-refractivity contribution < 1.29 is 4.79 Å². The van der Waals surface area contributed by atoms with Crippen LogP contribution in [0.2, 0.25) is 0 Å². The SMILES string of the molecule is CCN1CCC(N(C)C(=O)C(C)(N)C2CC2)CC1. The summed E-state index contributed by atoms with van der Waals surface area (Å²) in [6.07, 6.45) is 4.38. The fourth-order valence-corrected chi connectivity index (χ4v) is 3.03. The molecule has 0 radical (unpaired) electrons. The number of carbonyl (C=O) groups excluding carboxylic acids is 1. The van der Waals surface area contributed by atoms with Crippen LogP contribution in [-0.4, -0.2) is 54.0 Å². The van der Waals surface area contributed by atoms with Gasteiger partial charge in [0.05, 0.1) is 5.54 Å². The Labute approximate surface area is 110 Å². The predicted octanol–water partition coefficient (Wildman–Crippen LogP) is 1.06. The number of amides is 1. The number of rotatable bonds is 4. The highest BCUT2D eigenvalue weighted by atomic mass is 16.2. The van der Waals surface area contributed by atoms with Gasteiger partial charge >= 0.3 is 0 Å². The largest absolute Gasteiger partial charge is 0.341 e. The zero-order chi connectivity index (χ0) is 13.3. The summed E-state index contributed by atoms with van der Waals surface area (Å²) in [4.78, 5) is 16.8. The molecule has 2 aliphatic rings. The molecular weight excluding hydrogens is 226 g/mol.